The Morgan fingerprint density at radius 3 is 2.72 bits per heavy atom. The van der Waals surface area contributed by atoms with Crippen molar-refractivity contribution in [2.45, 2.75) is 13.5 Å². The van der Waals surface area contributed by atoms with E-state index in [-0.39, 0.29) is 4.99 Å². The van der Waals surface area contributed by atoms with Gasteiger partial charge in [0, 0.05) is 12.4 Å². The van der Waals surface area contributed by atoms with Crippen molar-refractivity contribution in [1.82, 2.24) is 15.0 Å². The van der Waals surface area contributed by atoms with Crippen LogP contribution in [-0.4, -0.2) is 27.0 Å². The standard InChI is InChI=1S/C11H13N5S2/c1-7-15-8(6-18-7)5-16(2)10-4-13-9(3-14-10)11(12)17/h3-4,6H,5H2,1-2H3,(H2,12,17). The molecule has 2 rings (SSSR count). The van der Waals surface area contributed by atoms with Crippen LogP contribution in [0.15, 0.2) is 17.8 Å². The number of nitrogens with two attached hydrogens (primary N) is 1. The van der Waals surface area contributed by atoms with Gasteiger partial charge in [0.05, 0.1) is 29.6 Å². The summed E-state index contributed by atoms with van der Waals surface area (Å²) in [6.07, 6.45) is 3.24. The maximum Gasteiger partial charge on any atom is 0.147 e. The van der Waals surface area contributed by atoms with E-state index in [2.05, 4.69) is 15.0 Å². The lowest BCUT2D eigenvalue weighted by molar-refractivity contribution is 0.863. The van der Waals surface area contributed by atoms with Gasteiger partial charge in [-0.1, -0.05) is 12.2 Å². The van der Waals surface area contributed by atoms with Crippen molar-refractivity contribution < 1.29 is 0 Å². The number of aromatic nitrogens is 3. The molecule has 7 heteroatoms. The highest BCUT2D eigenvalue weighted by Gasteiger charge is 2.07. The van der Waals surface area contributed by atoms with E-state index in [9.17, 15) is 0 Å². The fraction of sp³-hybridized carbons (Fsp3) is 0.273. The van der Waals surface area contributed by atoms with Gasteiger partial charge in [0.2, 0.25) is 0 Å². The predicted octanol–water partition coefficient (Wildman–Crippen LogP) is 1.51. The lowest BCUT2D eigenvalue weighted by atomic mass is 10.4. The maximum atomic E-state index is 5.47. The number of rotatable bonds is 4. The van der Waals surface area contributed by atoms with Gasteiger partial charge in [0.15, 0.2) is 0 Å². The molecule has 0 aliphatic rings. The Morgan fingerprint density at radius 1 is 1.44 bits per heavy atom. The zero-order chi connectivity index (χ0) is 13.1. The van der Waals surface area contributed by atoms with Gasteiger partial charge in [-0.3, -0.25) is 0 Å². The zero-order valence-electron chi connectivity index (χ0n) is 10.1. The number of nitrogens with zero attached hydrogens (tertiary/aromatic N) is 4. The van der Waals surface area contributed by atoms with Crippen molar-refractivity contribution in [2.75, 3.05) is 11.9 Å². The number of thiazole rings is 1. The van der Waals surface area contributed by atoms with Crippen LogP contribution in [0.25, 0.3) is 0 Å². The topological polar surface area (TPSA) is 67.9 Å². The third-order valence-corrected chi connectivity index (χ3v) is 3.38. The van der Waals surface area contributed by atoms with E-state index in [1.807, 2.05) is 24.3 Å². The summed E-state index contributed by atoms with van der Waals surface area (Å²) in [5, 5.41) is 3.11. The first kappa shape index (κ1) is 12.8. The molecule has 0 saturated heterocycles. The van der Waals surface area contributed by atoms with Crippen molar-refractivity contribution in [3.8, 4) is 0 Å². The van der Waals surface area contributed by atoms with Crippen molar-refractivity contribution in [1.29, 1.82) is 0 Å². The molecular formula is C11H13N5S2. The van der Waals surface area contributed by atoms with Gasteiger partial charge in [-0.25, -0.2) is 15.0 Å². The Kier molecular flexibility index (Phi) is 3.83. The van der Waals surface area contributed by atoms with Crippen LogP contribution in [0.3, 0.4) is 0 Å². The van der Waals surface area contributed by atoms with Crippen molar-refractivity contribution in [2.24, 2.45) is 5.73 Å². The number of thiocarbonyl (C=S) groups is 1. The highest BCUT2D eigenvalue weighted by molar-refractivity contribution is 7.80. The Balaban J connectivity index is 2.09. The quantitative estimate of drug-likeness (QED) is 0.856. The summed E-state index contributed by atoms with van der Waals surface area (Å²) in [6, 6.07) is 0. The van der Waals surface area contributed by atoms with Crippen LogP contribution >= 0.6 is 23.6 Å². The Morgan fingerprint density at radius 2 is 2.22 bits per heavy atom. The van der Waals surface area contributed by atoms with Crippen LogP contribution in [0, 0.1) is 6.92 Å². The Hall–Kier alpha value is -1.60. The second-order valence-corrected chi connectivity index (χ2v) is 5.34. The Bertz CT molecular complexity index is 549. The van der Waals surface area contributed by atoms with Gasteiger partial charge in [-0.2, -0.15) is 0 Å². The first-order valence-corrected chi connectivity index (χ1v) is 6.59. The fourth-order valence-electron chi connectivity index (χ4n) is 1.45. The molecule has 0 unspecified atom stereocenters. The minimum atomic E-state index is 0.256. The molecule has 0 aromatic carbocycles. The first-order valence-electron chi connectivity index (χ1n) is 5.30. The van der Waals surface area contributed by atoms with E-state index in [4.69, 9.17) is 18.0 Å². The van der Waals surface area contributed by atoms with Gasteiger partial charge < -0.3 is 10.6 Å². The normalized spacial score (nSPS) is 10.3. The monoisotopic (exact) mass is 279 g/mol. The average molecular weight is 279 g/mol. The van der Waals surface area contributed by atoms with Crippen molar-refractivity contribution in [3.63, 3.8) is 0 Å². The summed E-state index contributed by atoms with van der Waals surface area (Å²) in [5.41, 5.74) is 7.03. The minimum absolute atomic E-state index is 0.256. The molecule has 2 heterocycles. The summed E-state index contributed by atoms with van der Waals surface area (Å²) in [6.45, 7) is 2.69. The molecule has 0 saturated carbocycles. The molecule has 18 heavy (non-hydrogen) atoms. The molecule has 0 atom stereocenters. The third-order valence-electron chi connectivity index (χ3n) is 2.35. The van der Waals surface area contributed by atoms with Crippen LogP contribution in [0.4, 0.5) is 5.82 Å². The van der Waals surface area contributed by atoms with Crippen LogP contribution in [0.2, 0.25) is 0 Å². The van der Waals surface area contributed by atoms with E-state index in [1.165, 1.54) is 0 Å². The molecule has 0 bridgehead atoms. The van der Waals surface area contributed by atoms with Gasteiger partial charge in [-0.15, -0.1) is 11.3 Å². The summed E-state index contributed by atoms with van der Waals surface area (Å²) in [4.78, 5) is 15.1. The van der Waals surface area contributed by atoms with Gasteiger partial charge in [0.25, 0.3) is 0 Å². The molecule has 2 N–H and O–H groups in total. The lowest BCUT2D eigenvalue weighted by Crippen LogP contribution is -2.19. The number of hydrogen-bond donors (Lipinski definition) is 1. The molecule has 2 aromatic heterocycles. The smallest absolute Gasteiger partial charge is 0.147 e. The van der Waals surface area contributed by atoms with Crippen LogP contribution < -0.4 is 10.6 Å². The van der Waals surface area contributed by atoms with E-state index < -0.39 is 0 Å². The average Bonchev–Trinajstić information content (AvgIpc) is 2.75. The fourth-order valence-corrected chi connectivity index (χ4v) is 2.16. The van der Waals surface area contributed by atoms with Crippen LogP contribution in [-0.2, 0) is 6.54 Å². The molecule has 0 radical (unpaired) electrons. The predicted molar refractivity (Wildman–Crippen MR) is 76.9 cm³/mol. The molecular weight excluding hydrogens is 266 g/mol. The SMILES string of the molecule is Cc1nc(CN(C)c2cnc(C(N)=S)cn2)cs1. The van der Waals surface area contributed by atoms with Gasteiger partial charge in [0.1, 0.15) is 16.5 Å². The molecule has 0 aliphatic carbocycles. The molecule has 0 spiro atoms. The van der Waals surface area contributed by atoms with Gasteiger partial charge >= 0.3 is 0 Å². The lowest BCUT2D eigenvalue weighted by Gasteiger charge is -2.16. The highest BCUT2D eigenvalue weighted by atomic mass is 32.1. The molecule has 94 valence electrons. The number of aryl methyl sites for hydroxylation is 1. The molecule has 0 amide bonds. The molecule has 2 aromatic rings. The van der Waals surface area contributed by atoms with E-state index in [1.54, 1.807) is 23.7 Å². The molecule has 0 fully saturated rings. The minimum Gasteiger partial charge on any atom is -0.388 e. The van der Waals surface area contributed by atoms with Crippen molar-refractivity contribution in [3.05, 3.63) is 34.2 Å². The maximum absolute atomic E-state index is 5.47. The zero-order valence-corrected chi connectivity index (χ0v) is 11.8. The van der Waals surface area contributed by atoms with E-state index in [0.717, 1.165) is 16.5 Å². The second-order valence-electron chi connectivity index (χ2n) is 3.84. The van der Waals surface area contributed by atoms with Crippen LogP contribution in [0.1, 0.15) is 16.4 Å². The van der Waals surface area contributed by atoms with E-state index >= 15 is 0 Å². The second kappa shape index (κ2) is 5.36. The number of anilines is 1. The first-order chi connectivity index (χ1) is 8.56. The van der Waals surface area contributed by atoms with Crippen molar-refractivity contribution >= 4 is 34.4 Å². The highest BCUT2D eigenvalue weighted by Crippen LogP contribution is 2.13. The number of hydrogen-bond acceptors (Lipinski definition) is 6. The summed E-state index contributed by atoms with van der Waals surface area (Å²) in [7, 11) is 1.94. The summed E-state index contributed by atoms with van der Waals surface area (Å²) >= 11 is 6.47. The summed E-state index contributed by atoms with van der Waals surface area (Å²) in [5.74, 6) is 0.764. The van der Waals surface area contributed by atoms with E-state index in [0.29, 0.717) is 12.2 Å². The van der Waals surface area contributed by atoms with Crippen LogP contribution in [0.5, 0.6) is 0 Å². The third kappa shape index (κ3) is 2.99. The molecule has 5 nitrogen and oxygen atoms in total. The Labute approximate surface area is 115 Å². The molecule has 0 aliphatic heterocycles. The summed E-state index contributed by atoms with van der Waals surface area (Å²) < 4.78 is 0. The largest absolute Gasteiger partial charge is 0.388 e. The van der Waals surface area contributed by atoms with Gasteiger partial charge in [-0.05, 0) is 6.92 Å².